The first-order valence-corrected chi connectivity index (χ1v) is 7.01. The summed E-state index contributed by atoms with van der Waals surface area (Å²) in [5.74, 6) is 1.05. The van der Waals surface area contributed by atoms with Gasteiger partial charge in [0.25, 0.3) is 5.91 Å². The van der Waals surface area contributed by atoms with Gasteiger partial charge in [-0.25, -0.2) is 0 Å². The summed E-state index contributed by atoms with van der Waals surface area (Å²) in [4.78, 5) is 12.1. The predicted molar refractivity (Wildman–Crippen MR) is 79.7 cm³/mol. The molecule has 0 aromatic heterocycles. The number of rotatable bonds is 3. The van der Waals surface area contributed by atoms with Crippen molar-refractivity contribution in [2.75, 3.05) is 6.61 Å². The number of fused-ring (bicyclic) bond motifs is 1. The van der Waals surface area contributed by atoms with Crippen molar-refractivity contribution in [3.8, 4) is 11.5 Å². The van der Waals surface area contributed by atoms with Gasteiger partial charge in [-0.2, -0.15) is 0 Å². The molecule has 5 heteroatoms. The molecule has 0 aliphatic carbocycles. The zero-order chi connectivity index (χ0) is 14.7. The van der Waals surface area contributed by atoms with Gasteiger partial charge in [-0.05, 0) is 29.8 Å². The first kappa shape index (κ1) is 13.8. The highest BCUT2D eigenvalue weighted by Crippen LogP contribution is 2.30. The lowest BCUT2D eigenvalue weighted by Crippen LogP contribution is -2.43. The van der Waals surface area contributed by atoms with Gasteiger partial charge >= 0.3 is 0 Å². The molecule has 0 radical (unpaired) electrons. The topological polar surface area (TPSA) is 47.6 Å². The van der Waals surface area contributed by atoms with E-state index < -0.39 is 6.10 Å². The molecule has 0 bridgehead atoms. The Balaban J connectivity index is 1.59. The summed E-state index contributed by atoms with van der Waals surface area (Å²) in [6.07, 6.45) is -0.640. The number of hydrogen-bond donors (Lipinski definition) is 1. The molecule has 0 unspecified atom stereocenters. The molecule has 1 aliphatic heterocycles. The molecule has 21 heavy (non-hydrogen) atoms. The van der Waals surface area contributed by atoms with E-state index >= 15 is 0 Å². The van der Waals surface area contributed by atoms with Crippen LogP contribution in [0.3, 0.4) is 0 Å². The quantitative estimate of drug-likeness (QED) is 0.948. The van der Waals surface area contributed by atoms with Crippen molar-refractivity contribution in [2.24, 2.45) is 0 Å². The Kier molecular flexibility index (Phi) is 3.97. The molecular weight excluding hydrogens is 290 g/mol. The molecule has 1 aliphatic rings. The highest BCUT2D eigenvalue weighted by Gasteiger charge is 2.26. The average molecular weight is 304 g/mol. The predicted octanol–water partition coefficient (Wildman–Crippen LogP) is 2.80. The van der Waals surface area contributed by atoms with Crippen LogP contribution in [0.25, 0.3) is 0 Å². The number of carbonyl (C=O) groups excluding carboxylic acids is 1. The van der Waals surface area contributed by atoms with E-state index in [0.717, 1.165) is 5.56 Å². The van der Waals surface area contributed by atoms with E-state index in [9.17, 15) is 4.79 Å². The largest absolute Gasteiger partial charge is 0.485 e. The maximum absolute atomic E-state index is 12.1. The van der Waals surface area contributed by atoms with Crippen LogP contribution in [0, 0.1) is 0 Å². The second-order valence-electron chi connectivity index (χ2n) is 4.71. The molecule has 1 heterocycles. The molecule has 3 rings (SSSR count). The third kappa shape index (κ3) is 3.28. The van der Waals surface area contributed by atoms with Crippen LogP contribution in [0.5, 0.6) is 11.5 Å². The molecule has 0 spiro atoms. The minimum Gasteiger partial charge on any atom is -0.485 e. The molecular formula is C16H14ClNO3. The Morgan fingerprint density at radius 2 is 2.00 bits per heavy atom. The lowest BCUT2D eigenvalue weighted by Gasteiger charge is -2.25. The van der Waals surface area contributed by atoms with Gasteiger partial charge in [-0.15, -0.1) is 0 Å². The van der Waals surface area contributed by atoms with Gasteiger partial charge in [-0.3, -0.25) is 4.79 Å². The highest BCUT2D eigenvalue weighted by molar-refractivity contribution is 6.30. The summed E-state index contributed by atoms with van der Waals surface area (Å²) in [7, 11) is 0. The zero-order valence-corrected chi connectivity index (χ0v) is 12.0. The molecule has 4 nitrogen and oxygen atoms in total. The molecule has 1 atom stereocenters. The normalized spacial score (nSPS) is 16.3. The standard InChI is InChI=1S/C16H14ClNO3/c17-12-5-3-4-11(8-12)9-18-16(19)15-10-20-13-6-1-2-7-14(13)21-15/h1-8,15H,9-10H2,(H,18,19)/t15-/m1/s1. The van der Waals surface area contributed by atoms with Crippen LogP contribution in [-0.4, -0.2) is 18.6 Å². The average Bonchev–Trinajstić information content (AvgIpc) is 2.52. The molecule has 0 saturated carbocycles. The maximum Gasteiger partial charge on any atom is 0.264 e. The Bertz CT molecular complexity index is 659. The number of hydrogen-bond acceptors (Lipinski definition) is 3. The molecule has 1 amide bonds. The van der Waals surface area contributed by atoms with Crippen LogP contribution in [0.4, 0.5) is 0 Å². The Labute approximate surface area is 127 Å². The smallest absolute Gasteiger partial charge is 0.264 e. The van der Waals surface area contributed by atoms with Gasteiger partial charge in [-0.1, -0.05) is 35.9 Å². The summed E-state index contributed by atoms with van der Waals surface area (Å²) in [5, 5.41) is 3.47. The van der Waals surface area contributed by atoms with Crippen molar-refractivity contribution in [1.29, 1.82) is 0 Å². The zero-order valence-electron chi connectivity index (χ0n) is 11.2. The van der Waals surface area contributed by atoms with Crippen LogP contribution in [0.15, 0.2) is 48.5 Å². The van der Waals surface area contributed by atoms with Gasteiger partial charge in [0.05, 0.1) is 0 Å². The van der Waals surface area contributed by atoms with Crippen molar-refractivity contribution >= 4 is 17.5 Å². The number of carbonyl (C=O) groups is 1. The van der Waals surface area contributed by atoms with Gasteiger partial charge in [0.1, 0.15) is 6.61 Å². The number of ether oxygens (including phenoxy) is 2. The number of para-hydroxylation sites is 2. The minimum absolute atomic E-state index is 0.204. The fraction of sp³-hybridized carbons (Fsp3) is 0.188. The Morgan fingerprint density at radius 1 is 1.19 bits per heavy atom. The summed E-state index contributed by atoms with van der Waals surface area (Å²) >= 11 is 5.91. The number of benzene rings is 2. The van der Waals surface area contributed by atoms with E-state index in [0.29, 0.717) is 23.1 Å². The minimum atomic E-state index is -0.640. The highest BCUT2D eigenvalue weighted by atomic mass is 35.5. The van der Waals surface area contributed by atoms with E-state index in [2.05, 4.69) is 5.32 Å². The molecule has 1 N–H and O–H groups in total. The molecule has 0 fully saturated rings. The van der Waals surface area contributed by atoms with Gasteiger partial charge in [0.15, 0.2) is 11.5 Å². The van der Waals surface area contributed by atoms with Crippen molar-refractivity contribution in [2.45, 2.75) is 12.6 Å². The summed E-state index contributed by atoms with van der Waals surface area (Å²) in [6.45, 7) is 0.610. The summed E-state index contributed by atoms with van der Waals surface area (Å²) in [5.41, 5.74) is 0.938. The second-order valence-corrected chi connectivity index (χ2v) is 5.15. The van der Waals surface area contributed by atoms with E-state index in [4.69, 9.17) is 21.1 Å². The van der Waals surface area contributed by atoms with Crippen molar-refractivity contribution < 1.29 is 14.3 Å². The van der Waals surface area contributed by atoms with E-state index in [1.165, 1.54) is 0 Å². The summed E-state index contributed by atoms with van der Waals surface area (Å²) < 4.78 is 11.2. The van der Waals surface area contributed by atoms with E-state index in [-0.39, 0.29) is 12.5 Å². The van der Waals surface area contributed by atoms with Gasteiger partial charge in [0, 0.05) is 11.6 Å². The van der Waals surface area contributed by atoms with Crippen LogP contribution >= 0.6 is 11.6 Å². The lowest BCUT2D eigenvalue weighted by atomic mass is 10.2. The van der Waals surface area contributed by atoms with Crippen molar-refractivity contribution in [3.63, 3.8) is 0 Å². The SMILES string of the molecule is O=C(NCc1cccc(Cl)c1)[C@H]1COc2ccccc2O1. The molecule has 108 valence electrons. The van der Waals surface area contributed by atoms with E-state index in [1.807, 2.05) is 36.4 Å². The summed E-state index contributed by atoms with van der Waals surface area (Å²) in [6, 6.07) is 14.7. The first-order valence-electron chi connectivity index (χ1n) is 6.63. The lowest BCUT2D eigenvalue weighted by molar-refractivity contribution is -0.130. The number of nitrogens with one attached hydrogen (secondary N) is 1. The van der Waals surface area contributed by atoms with Gasteiger partial charge in [0.2, 0.25) is 6.10 Å². The Hall–Kier alpha value is -2.20. The van der Waals surface area contributed by atoms with Crippen LogP contribution in [0.2, 0.25) is 5.02 Å². The first-order chi connectivity index (χ1) is 10.2. The fourth-order valence-electron chi connectivity index (χ4n) is 2.10. The van der Waals surface area contributed by atoms with E-state index in [1.54, 1.807) is 12.1 Å². The van der Waals surface area contributed by atoms with Crippen molar-refractivity contribution in [3.05, 3.63) is 59.1 Å². The monoisotopic (exact) mass is 303 g/mol. The van der Waals surface area contributed by atoms with Crippen molar-refractivity contribution in [1.82, 2.24) is 5.32 Å². The van der Waals surface area contributed by atoms with Crippen LogP contribution in [-0.2, 0) is 11.3 Å². The third-order valence-corrected chi connectivity index (χ3v) is 3.39. The fourth-order valence-corrected chi connectivity index (χ4v) is 2.31. The van der Waals surface area contributed by atoms with Gasteiger partial charge < -0.3 is 14.8 Å². The van der Waals surface area contributed by atoms with Crippen LogP contribution in [0.1, 0.15) is 5.56 Å². The molecule has 2 aromatic carbocycles. The molecule has 0 saturated heterocycles. The second kappa shape index (κ2) is 6.06. The maximum atomic E-state index is 12.1. The Morgan fingerprint density at radius 3 is 2.81 bits per heavy atom. The molecule has 2 aromatic rings. The van der Waals surface area contributed by atoms with Crippen LogP contribution < -0.4 is 14.8 Å². The third-order valence-electron chi connectivity index (χ3n) is 3.16. The number of amides is 1. The number of halogens is 1.